The van der Waals surface area contributed by atoms with Crippen molar-refractivity contribution in [2.75, 3.05) is 5.32 Å². The van der Waals surface area contributed by atoms with Gasteiger partial charge >= 0.3 is 0 Å². The summed E-state index contributed by atoms with van der Waals surface area (Å²) in [5.41, 5.74) is 1.01. The number of anilines is 1. The number of carbonyl (C=O) groups is 1. The lowest BCUT2D eigenvalue weighted by atomic mass is 10.1. The minimum atomic E-state index is -2.67. The van der Waals surface area contributed by atoms with Crippen LogP contribution in [-0.2, 0) is 11.2 Å². The van der Waals surface area contributed by atoms with Gasteiger partial charge < -0.3 is 5.32 Å². The number of halogens is 3. The number of amides is 1. The van der Waals surface area contributed by atoms with Gasteiger partial charge in [-0.2, -0.15) is 0 Å². The Kier molecular flexibility index (Phi) is 5.13. The second-order valence-corrected chi connectivity index (χ2v) is 5.75. The summed E-state index contributed by atoms with van der Waals surface area (Å²) in [4.78, 5) is 11.7. The molecule has 0 bridgehead atoms. The highest BCUT2D eigenvalue weighted by Crippen LogP contribution is 2.25. The maximum absolute atomic E-state index is 12.3. The lowest BCUT2D eigenvalue weighted by Gasteiger charge is -2.03. The number of aryl methyl sites for hydroxylation is 1. The second kappa shape index (κ2) is 6.85. The van der Waals surface area contributed by atoms with Crippen LogP contribution in [0, 0.1) is 0 Å². The summed E-state index contributed by atoms with van der Waals surface area (Å²) in [7, 11) is 0. The summed E-state index contributed by atoms with van der Waals surface area (Å²) in [6, 6.07) is 7.59. The molecule has 0 aliphatic carbocycles. The van der Waals surface area contributed by atoms with Gasteiger partial charge in [0.15, 0.2) is 5.01 Å². The Bertz CT molecular complexity index is 606. The molecule has 2 rings (SSSR count). The van der Waals surface area contributed by atoms with Crippen LogP contribution in [0.2, 0.25) is 0 Å². The Balaban J connectivity index is 1.88. The Hall–Kier alpha value is -1.41. The molecule has 0 aliphatic rings. The van der Waals surface area contributed by atoms with E-state index in [4.69, 9.17) is 0 Å². The summed E-state index contributed by atoms with van der Waals surface area (Å²) in [5.74, 6) is -0.280. The highest BCUT2D eigenvalue weighted by molar-refractivity contribution is 9.10. The van der Waals surface area contributed by atoms with E-state index in [1.165, 1.54) is 0 Å². The van der Waals surface area contributed by atoms with Gasteiger partial charge in [0.2, 0.25) is 11.0 Å². The van der Waals surface area contributed by atoms with E-state index in [2.05, 4.69) is 31.4 Å². The van der Waals surface area contributed by atoms with Crippen LogP contribution < -0.4 is 5.32 Å². The Morgan fingerprint density at radius 2 is 2.10 bits per heavy atom. The van der Waals surface area contributed by atoms with Gasteiger partial charge in [-0.15, -0.1) is 10.2 Å². The molecule has 0 saturated heterocycles. The summed E-state index contributed by atoms with van der Waals surface area (Å²) in [6.45, 7) is 0. The van der Waals surface area contributed by atoms with Crippen LogP contribution in [0.3, 0.4) is 0 Å². The van der Waals surface area contributed by atoms with Crippen molar-refractivity contribution in [2.45, 2.75) is 19.3 Å². The normalized spacial score (nSPS) is 10.8. The van der Waals surface area contributed by atoms with E-state index in [1.807, 2.05) is 24.3 Å². The molecule has 0 fully saturated rings. The maximum Gasteiger partial charge on any atom is 0.291 e. The number of hydrogen-bond acceptors (Lipinski definition) is 4. The molecule has 20 heavy (non-hydrogen) atoms. The quantitative estimate of drug-likeness (QED) is 0.880. The Labute approximate surface area is 126 Å². The predicted octanol–water partition coefficient (Wildman–Crippen LogP) is 3.81. The third kappa shape index (κ3) is 4.04. The monoisotopic (exact) mass is 361 g/mol. The lowest BCUT2D eigenvalue weighted by molar-refractivity contribution is -0.116. The third-order valence-corrected chi connectivity index (χ3v) is 4.07. The minimum absolute atomic E-state index is 0.0948. The van der Waals surface area contributed by atoms with Gasteiger partial charge in [-0.1, -0.05) is 45.5 Å². The van der Waals surface area contributed by atoms with Crippen molar-refractivity contribution in [1.82, 2.24) is 10.2 Å². The number of hydrogen-bond donors (Lipinski definition) is 1. The number of carbonyl (C=O) groups excluding carboxylic acids is 1. The van der Waals surface area contributed by atoms with Gasteiger partial charge in [0.25, 0.3) is 6.43 Å². The molecule has 0 unspecified atom stereocenters. The molecular weight excluding hydrogens is 352 g/mol. The van der Waals surface area contributed by atoms with Crippen molar-refractivity contribution < 1.29 is 13.6 Å². The van der Waals surface area contributed by atoms with Gasteiger partial charge in [-0.05, 0) is 18.1 Å². The van der Waals surface area contributed by atoms with Crippen molar-refractivity contribution in [3.05, 3.63) is 39.3 Å². The van der Waals surface area contributed by atoms with E-state index < -0.39 is 11.4 Å². The fourth-order valence-electron chi connectivity index (χ4n) is 1.50. The lowest BCUT2D eigenvalue weighted by Crippen LogP contribution is -2.12. The smallest absolute Gasteiger partial charge is 0.291 e. The fourth-order valence-corrected chi connectivity index (χ4v) is 2.60. The van der Waals surface area contributed by atoms with Gasteiger partial charge in [0, 0.05) is 10.9 Å². The summed E-state index contributed by atoms with van der Waals surface area (Å²) in [5, 5.41) is 8.96. The number of nitrogens with one attached hydrogen (secondary N) is 1. The zero-order chi connectivity index (χ0) is 14.5. The molecular formula is C12H10BrF2N3OS. The SMILES string of the molecule is O=C(CCc1ccccc1Br)Nc1nnc(C(F)F)s1. The van der Waals surface area contributed by atoms with Gasteiger partial charge in [-0.3, -0.25) is 4.79 Å². The molecule has 0 radical (unpaired) electrons. The number of benzene rings is 1. The minimum Gasteiger partial charge on any atom is -0.301 e. The molecule has 4 nitrogen and oxygen atoms in total. The second-order valence-electron chi connectivity index (χ2n) is 3.89. The molecule has 1 aromatic heterocycles. The van der Waals surface area contributed by atoms with E-state index >= 15 is 0 Å². The molecule has 2 aromatic rings. The van der Waals surface area contributed by atoms with Crippen LogP contribution in [0.1, 0.15) is 23.4 Å². The van der Waals surface area contributed by atoms with Gasteiger partial charge in [0.05, 0.1) is 0 Å². The molecule has 0 spiro atoms. The van der Waals surface area contributed by atoms with E-state index in [0.29, 0.717) is 17.8 Å². The molecule has 0 aliphatic heterocycles. The van der Waals surface area contributed by atoms with Crippen LogP contribution in [0.5, 0.6) is 0 Å². The summed E-state index contributed by atoms with van der Waals surface area (Å²) >= 11 is 4.08. The number of nitrogens with zero attached hydrogens (tertiary/aromatic N) is 2. The summed E-state index contributed by atoms with van der Waals surface area (Å²) < 4.78 is 25.6. The zero-order valence-corrected chi connectivity index (χ0v) is 12.5. The van der Waals surface area contributed by atoms with E-state index in [-0.39, 0.29) is 17.5 Å². The van der Waals surface area contributed by atoms with Crippen LogP contribution >= 0.6 is 27.3 Å². The highest BCUT2D eigenvalue weighted by atomic mass is 79.9. The van der Waals surface area contributed by atoms with Crippen LogP contribution in [0.4, 0.5) is 13.9 Å². The number of rotatable bonds is 5. The first-order valence-corrected chi connectivity index (χ1v) is 7.32. The third-order valence-electron chi connectivity index (χ3n) is 2.45. The molecule has 1 N–H and O–H groups in total. The van der Waals surface area contributed by atoms with E-state index in [1.54, 1.807) is 0 Å². The maximum atomic E-state index is 12.3. The Morgan fingerprint density at radius 3 is 2.75 bits per heavy atom. The topological polar surface area (TPSA) is 54.9 Å². The highest BCUT2D eigenvalue weighted by Gasteiger charge is 2.15. The van der Waals surface area contributed by atoms with Crippen molar-refractivity contribution >= 4 is 38.3 Å². The predicted molar refractivity (Wildman–Crippen MR) is 76.0 cm³/mol. The molecule has 1 amide bonds. The zero-order valence-electron chi connectivity index (χ0n) is 10.1. The molecule has 1 heterocycles. The van der Waals surface area contributed by atoms with Crippen molar-refractivity contribution in [2.24, 2.45) is 0 Å². The van der Waals surface area contributed by atoms with Crippen molar-refractivity contribution in [1.29, 1.82) is 0 Å². The average molecular weight is 362 g/mol. The number of aromatic nitrogens is 2. The van der Waals surface area contributed by atoms with Crippen molar-refractivity contribution in [3.63, 3.8) is 0 Å². The summed E-state index contributed by atoms with van der Waals surface area (Å²) in [6.07, 6.45) is -1.88. The first-order chi connectivity index (χ1) is 9.56. The van der Waals surface area contributed by atoms with Crippen LogP contribution in [0.25, 0.3) is 0 Å². The molecule has 0 saturated carbocycles. The van der Waals surface area contributed by atoms with E-state index in [0.717, 1.165) is 10.0 Å². The fraction of sp³-hybridized carbons (Fsp3) is 0.250. The van der Waals surface area contributed by atoms with E-state index in [9.17, 15) is 13.6 Å². The van der Waals surface area contributed by atoms with Gasteiger partial charge in [0.1, 0.15) is 0 Å². The Morgan fingerprint density at radius 1 is 1.35 bits per heavy atom. The first kappa shape index (κ1) is 15.0. The largest absolute Gasteiger partial charge is 0.301 e. The van der Waals surface area contributed by atoms with Crippen molar-refractivity contribution in [3.8, 4) is 0 Å². The average Bonchev–Trinajstić information content (AvgIpc) is 2.86. The molecule has 1 aromatic carbocycles. The first-order valence-electron chi connectivity index (χ1n) is 5.71. The van der Waals surface area contributed by atoms with Gasteiger partial charge in [-0.25, -0.2) is 8.78 Å². The standard InChI is InChI=1S/C12H10BrF2N3OS/c13-8-4-2-1-3-7(8)5-6-9(19)16-12-18-17-11(20-12)10(14)15/h1-4,10H,5-6H2,(H,16,18,19). The molecule has 0 atom stereocenters. The van der Waals surface area contributed by atoms with Crippen LogP contribution in [-0.4, -0.2) is 16.1 Å². The number of alkyl halides is 2. The molecule has 8 heteroatoms. The van der Waals surface area contributed by atoms with Crippen LogP contribution in [0.15, 0.2) is 28.7 Å². The molecule has 106 valence electrons.